The summed E-state index contributed by atoms with van der Waals surface area (Å²) >= 11 is 0. The predicted octanol–water partition coefficient (Wildman–Crippen LogP) is -2.94. The molecule has 0 amide bonds. The molecule has 0 rings (SSSR count). The molecule has 0 fully saturated rings. The monoisotopic (exact) mass is 186 g/mol. The molecule has 1 N–H and O–H groups in total. The second kappa shape index (κ2) is 4.84. The Morgan fingerprint density at radius 1 is 1.30 bits per heavy atom. The van der Waals surface area contributed by atoms with Gasteiger partial charge in [-0.3, -0.25) is 0 Å². The summed E-state index contributed by atoms with van der Waals surface area (Å²) in [6.07, 6.45) is 0.0231. The number of aliphatic carboxylic acids is 2. The van der Waals surface area contributed by atoms with Crippen LogP contribution in [0.2, 0.25) is 0 Å². The molecule has 0 aromatic carbocycles. The summed E-state index contributed by atoms with van der Waals surface area (Å²) in [5.41, 5.74) is 0. The summed E-state index contributed by atoms with van der Waals surface area (Å²) in [5, 5.41) is 27.1. The van der Waals surface area contributed by atoms with Gasteiger partial charge in [0.05, 0.1) is 5.97 Å². The molecule has 0 aromatic rings. The Labute approximate surface area is 66.4 Å². The van der Waals surface area contributed by atoms with Crippen LogP contribution in [-0.4, -0.2) is 17.0 Å². The van der Waals surface area contributed by atoms with Crippen molar-refractivity contribution in [3.05, 3.63) is 11.8 Å². The van der Waals surface area contributed by atoms with Gasteiger partial charge in [-0.25, -0.2) is 4.79 Å². The number of hydrogen-bond donors (Lipinski definition) is 1. The molecule has 6 heteroatoms. The first kappa shape index (κ1) is 11.8. The minimum atomic E-state index is -2.02. The largest absolute Gasteiger partial charge is 2.00 e. The maximum atomic E-state index is 9.85. The zero-order chi connectivity index (χ0) is 7.44. The third-order valence-electron chi connectivity index (χ3n) is 0.456. The fraction of sp³-hybridized carbons (Fsp3) is 0. The molecule has 0 radical (unpaired) electrons. The molecule has 0 bridgehead atoms. The van der Waals surface area contributed by atoms with E-state index in [1.807, 2.05) is 0 Å². The van der Waals surface area contributed by atoms with E-state index in [0.717, 1.165) is 0 Å². The molecule has 0 atom stereocenters. The van der Waals surface area contributed by atoms with Crippen LogP contribution in [0.4, 0.5) is 0 Å². The van der Waals surface area contributed by atoms with E-state index in [4.69, 9.17) is 5.11 Å². The second-order valence-corrected chi connectivity index (χ2v) is 1.13. The molecule has 10 heavy (non-hydrogen) atoms. The molecule has 0 spiro atoms. The van der Waals surface area contributed by atoms with Gasteiger partial charge in [-0.1, -0.05) is 5.76 Å². The number of carbonyl (C=O) groups excluding carboxylic acids is 1. The van der Waals surface area contributed by atoms with E-state index in [9.17, 15) is 19.8 Å². The average molecular weight is 186 g/mol. The van der Waals surface area contributed by atoms with Crippen LogP contribution in [-0.2, 0) is 26.7 Å². The van der Waals surface area contributed by atoms with E-state index < -0.39 is 17.7 Å². The van der Waals surface area contributed by atoms with E-state index in [1.165, 1.54) is 0 Å². The van der Waals surface area contributed by atoms with Crippen LogP contribution in [0, 0.1) is 0 Å². The average Bonchev–Trinajstić information content (AvgIpc) is 1.63. The van der Waals surface area contributed by atoms with Gasteiger partial charge in [-0.2, -0.15) is 0 Å². The van der Waals surface area contributed by atoms with E-state index in [1.54, 1.807) is 0 Å². The number of rotatable bonds is 2. The SMILES string of the molecule is O=C(O)/C=C(/[O-])C(=O)[O-].[Fe+2]. The number of carboxylic acids is 2. The maximum Gasteiger partial charge on any atom is 2.00 e. The molecule has 0 aliphatic rings. The van der Waals surface area contributed by atoms with Crippen molar-refractivity contribution in [3.63, 3.8) is 0 Å². The second-order valence-electron chi connectivity index (χ2n) is 1.13. The first-order valence-electron chi connectivity index (χ1n) is 1.87. The van der Waals surface area contributed by atoms with Gasteiger partial charge < -0.3 is 20.1 Å². The fourth-order valence-electron chi connectivity index (χ4n) is 0.171. The molecule has 0 unspecified atom stereocenters. The Kier molecular flexibility index (Phi) is 5.69. The number of carboxylic acid groups (broad SMARTS) is 2. The first-order valence-corrected chi connectivity index (χ1v) is 1.87. The molecule has 0 aromatic heterocycles. The summed E-state index contributed by atoms with van der Waals surface area (Å²) in [6.45, 7) is 0. The quantitative estimate of drug-likeness (QED) is 0.282. The van der Waals surface area contributed by atoms with Crippen LogP contribution < -0.4 is 10.2 Å². The smallest absolute Gasteiger partial charge is 0.871 e. The van der Waals surface area contributed by atoms with Crippen LogP contribution in [0.25, 0.3) is 0 Å². The van der Waals surface area contributed by atoms with Gasteiger partial charge >= 0.3 is 23.0 Å². The summed E-state index contributed by atoms with van der Waals surface area (Å²) in [5.74, 6) is -5.15. The minimum Gasteiger partial charge on any atom is -0.871 e. The van der Waals surface area contributed by atoms with Crippen LogP contribution >= 0.6 is 0 Å². The van der Waals surface area contributed by atoms with Crippen molar-refractivity contribution in [3.8, 4) is 0 Å². The van der Waals surface area contributed by atoms with Crippen molar-refractivity contribution in [2.24, 2.45) is 0 Å². The maximum absolute atomic E-state index is 9.85. The zero-order valence-electron chi connectivity index (χ0n) is 4.51. The molecule has 0 saturated heterocycles. The first-order chi connectivity index (χ1) is 4.04. The zero-order valence-corrected chi connectivity index (χ0v) is 5.62. The Morgan fingerprint density at radius 3 is 1.80 bits per heavy atom. The van der Waals surface area contributed by atoms with Crippen LogP contribution in [0.15, 0.2) is 11.8 Å². The van der Waals surface area contributed by atoms with E-state index in [0.29, 0.717) is 0 Å². The number of hydrogen-bond acceptors (Lipinski definition) is 4. The standard InChI is InChI=1S/C4H4O5.Fe/c5-2(4(8)9)1-3(6)7;/h1,5H,(H,6,7)(H,8,9);/q;+2/p-2/b2-1+;. The molecule has 0 aliphatic carbocycles. The third-order valence-corrected chi connectivity index (χ3v) is 0.456. The van der Waals surface area contributed by atoms with Gasteiger partial charge in [0.25, 0.3) is 0 Å². The normalized spacial score (nSPS) is 9.80. The van der Waals surface area contributed by atoms with Crippen LogP contribution in [0.3, 0.4) is 0 Å². The molecular formula is C4H2FeO5. The molecule has 0 aliphatic heterocycles. The Morgan fingerprint density at radius 2 is 1.70 bits per heavy atom. The van der Waals surface area contributed by atoms with Gasteiger partial charge in [0.15, 0.2) is 0 Å². The Balaban J connectivity index is 0. The number of carbonyl (C=O) groups is 2. The van der Waals surface area contributed by atoms with Crippen molar-refractivity contribution in [2.45, 2.75) is 0 Å². The summed E-state index contributed by atoms with van der Waals surface area (Å²) in [6, 6.07) is 0. The van der Waals surface area contributed by atoms with Crippen molar-refractivity contribution < 1.29 is 42.0 Å². The molecule has 56 valence electrons. The Hall–Kier alpha value is -1.00. The molecular weight excluding hydrogens is 184 g/mol. The van der Waals surface area contributed by atoms with Crippen molar-refractivity contribution in [1.29, 1.82) is 0 Å². The molecule has 0 heterocycles. The van der Waals surface area contributed by atoms with Gasteiger partial charge in [0, 0.05) is 6.08 Å². The van der Waals surface area contributed by atoms with Gasteiger partial charge in [-0.05, 0) is 0 Å². The summed E-state index contributed by atoms with van der Waals surface area (Å²) in [7, 11) is 0. The van der Waals surface area contributed by atoms with E-state index in [2.05, 4.69) is 0 Å². The summed E-state index contributed by atoms with van der Waals surface area (Å²) in [4.78, 5) is 19.0. The van der Waals surface area contributed by atoms with Crippen molar-refractivity contribution in [1.82, 2.24) is 0 Å². The predicted molar refractivity (Wildman–Crippen MR) is 20.7 cm³/mol. The Bertz CT molecular complexity index is 172. The molecule has 5 nitrogen and oxygen atoms in total. The van der Waals surface area contributed by atoms with Crippen LogP contribution in [0.5, 0.6) is 0 Å². The third kappa shape index (κ3) is 5.14. The molecule has 0 saturated carbocycles. The van der Waals surface area contributed by atoms with Gasteiger partial charge in [-0.15, -0.1) is 0 Å². The van der Waals surface area contributed by atoms with Crippen molar-refractivity contribution in [2.75, 3.05) is 0 Å². The fourth-order valence-corrected chi connectivity index (χ4v) is 0.171. The van der Waals surface area contributed by atoms with Gasteiger partial charge in [0.1, 0.15) is 0 Å². The van der Waals surface area contributed by atoms with Gasteiger partial charge in [0.2, 0.25) is 0 Å². The topological polar surface area (TPSA) is 100 Å². The van der Waals surface area contributed by atoms with E-state index in [-0.39, 0.29) is 23.1 Å². The minimum absolute atomic E-state index is 0. The van der Waals surface area contributed by atoms with Crippen molar-refractivity contribution >= 4 is 11.9 Å². The van der Waals surface area contributed by atoms with Crippen LogP contribution in [0.1, 0.15) is 0 Å². The van der Waals surface area contributed by atoms with E-state index >= 15 is 0 Å². The summed E-state index contributed by atoms with van der Waals surface area (Å²) < 4.78 is 0.